The highest BCUT2D eigenvalue weighted by molar-refractivity contribution is 5.86. The van der Waals surface area contributed by atoms with Crippen LogP contribution in [0, 0.1) is 5.92 Å². The lowest BCUT2D eigenvalue weighted by atomic mass is 10.0. The summed E-state index contributed by atoms with van der Waals surface area (Å²) < 4.78 is 38.3. The number of hydrogen-bond donors (Lipinski definition) is 1. The van der Waals surface area contributed by atoms with E-state index in [2.05, 4.69) is 4.98 Å². The maximum absolute atomic E-state index is 12.8. The molecule has 2 rings (SSSR count). The fourth-order valence-corrected chi connectivity index (χ4v) is 2.06. The summed E-state index contributed by atoms with van der Waals surface area (Å²) in [5.74, 6) is 0.420. The second-order valence-electron chi connectivity index (χ2n) is 4.64. The number of benzene rings is 1. The molecule has 0 aliphatic heterocycles. The summed E-state index contributed by atoms with van der Waals surface area (Å²) >= 11 is 0. The first-order chi connectivity index (χ1) is 7.89. The summed E-state index contributed by atoms with van der Waals surface area (Å²) in [6.07, 6.45) is -1.85. The van der Waals surface area contributed by atoms with Crippen molar-refractivity contribution < 1.29 is 13.2 Å². The summed E-state index contributed by atoms with van der Waals surface area (Å²) in [6.45, 7) is 4.10. The molecule has 92 valence electrons. The Balaban J connectivity index is 2.57. The minimum Gasteiger partial charge on any atom is -0.360 e. The van der Waals surface area contributed by atoms with Gasteiger partial charge in [-0.25, -0.2) is 0 Å². The Bertz CT molecular complexity index is 523. The molecule has 0 aliphatic carbocycles. The van der Waals surface area contributed by atoms with Crippen LogP contribution in [0.25, 0.3) is 10.9 Å². The first-order valence-corrected chi connectivity index (χ1v) is 5.55. The van der Waals surface area contributed by atoms with Gasteiger partial charge in [-0.3, -0.25) is 0 Å². The Morgan fingerprint density at radius 3 is 2.53 bits per heavy atom. The number of halogens is 3. The van der Waals surface area contributed by atoms with Crippen molar-refractivity contribution in [3.63, 3.8) is 0 Å². The fraction of sp³-hybridized carbons (Fsp3) is 0.385. The van der Waals surface area contributed by atoms with Crippen molar-refractivity contribution in [1.82, 2.24) is 4.98 Å². The zero-order valence-corrected chi connectivity index (χ0v) is 9.73. The number of rotatable bonds is 2. The molecule has 0 spiro atoms. The highest BCUT2D eigenvalue weighted by atomic mass is 19.4. The van der Waals surface area contributed by atoms with Crippen LogP contribution in [-0.4, -0.2) is 4.98 Å². The van der Waals surface area contributed by atoms with E-state index in [1.165, 1.54) is 6.07 Å². The first kappa shape index (κ1) is 12.0. The molecular weight excluding hydrogens is 227 g/mol. The molecule has 1 nitrogen and oxygen atoms in total. The topological polar surface area (TPSA) is 15.8 Å². The van der Waals surface area contributed by atoms with E-state index in [1.807, 2.05) is 13.8 Å². The van der Waals surface area contributed by atoms with Gasteiger partial charge in [0.05, 0.1) is 11.1 Å². The van der Waals surface area contributed by atoms with Gasteiger partial charge in [-0.1, -0.05) is 26.0 Å². The number of alkyl halides is 3. The number of H-pyrrole nitrogens is 1. The molecule has 17 heavy (non-hydrogen) atoms. The molecule has 0 saturated carbocycles. The van der Waals surface area contributed by atoms with E-state index in [9.17, 15) is 13.2 Å². The highest BCUT2D eigenvalue weighted by Crippen LogP contribution is 2.35. The zero-order valence-electron chi connectivity index (χ0n) is 9.73. The third-order valence-electron chi connectivity index (χ3n) is 2.73. The van der Waals surface area contributed by atoms with Gasteiger partial charge in [0.15, 0.2) is 0 Å². The summed E-state index contributed by atoms with van der Waals surface area (Å²) in [5.41, 5.74) is 0.543. The molecule has 1 aromatic carbocycles. The normalized spacial score (nSPS) is 12.6. The van der Waals surface area contributed by atoms with E-state index in [-0.39, 0.29) is 5.52 Å². The van der Waals surface area contributed by atoms with Crippen molar-refractivity contribution in [1.29, 1.82) is 0 Å². The van der Waals surface area contributed by atoms with Crippen LogP contribution < -0.4 is 0 Å². The molecular formula is C13H14F3N. The van der Waals surface area contributed by atoms with Crippen molar-refractivity contribution in [3.05, 3.63) is 35.5 Å². The number of para-hydroxylation sites is 1. The van der Waals surface area contributed by atoms with Crippen LogP contribution in [0.15, 0.2) is 24.4 Å². The Morgan fingerprint density at radius 1 is 1.24 bits per heavy atom. The summed E-state index contributed by atoms with van der Waals surface area (Å²) in [5, 5.41) is 0.675. The van der Waals surface area contributed by atoms with Gasteiger partial charge in [-0.05, 0) is 24.0 Å². The third kappa shape index (κ3) is 2.30. The Morgan fingerprint density at radius 2 is 1.94 bits per heavy atom. The van der Waals surface area contributed by atoms with E-state index in [0.29, 0.717) is 11.3 Å². The average Bonchev–Trinajstić information content (AvgIpc) is 2.59. The van der Waals surface area contributed by atoms with Gasteiger partial charge in [-0.2, -0.15) is 13.2 Å². The monoisotopic (exact) mass is 241 g/mol. The standard InChI is InChI=1S/C13H14F3N/c1-8(2)6-9-7-17-12-10(9)4-3-5-11(12)13(14,15)16/h3-5,7-8,17H,6H2,1-2H3. The molecule has 4 heteroatoms. The van der Waals surface area contributed by atoms with Crippen LogP contribution in [0.2, 0.25) is 0 Å². The lowest BCUT2D eigenvalue weighted by Gasteiger charge is -2.08. The van der Waals surface area contributed by atoms with E-state index in [4.69, 9.17) is 0 Å². The molecule has 1 aromatic heterocycles. The second-order valence-corrected chi connectivity index (χ2v) is 4.64. The van der Waals surface area contributed by atoms with Crippen molar-refractivity contribution in [3.8, 4) is 0 Å². The maximum atomic E-state index is 12.8. The van der Waals surface area contributed by atoms with E-state index in [0.717, 1.165) is 18.1 Å². The van der Waals surface area contributed by atoms with E-state index >= 15 is 0 Å². The maximum Gasteiger partial charge on any atom is 0.418 e. The summed E-state index contributed by atoms with van der Waals surface area (Å²) in [4.78, 5) is 2.75. The largest absolute Gasteiger partial charge is 0.418 e. The second kappa shape index (κ2) is 4.09. The number of fused-ring (bicyclic) bond motifs is 1. The summed E-state index contributed by atoms with van der Waals surface area (Å²) in [7, 11) is 0. The molecule has 0 saturated heterocycles. The Labute approximate surface area is 97.6 Å². The van der Waals surface area contributed by atoms with Gasteiger partial charge in [0.1, 0.15) is 0 Å². The van der Waals surface area contributed by atoms with Crippen LogP contribution in [0.3, 0.4) is 0 Å². The van der Waals surface area contributed by atoms with Gasteiger partial charge < -0.3 is 4.98 Å². The quantitative estimate of drug-likeness (QED) is 0.802. The van der Waals surface area contributed by atoms with Crippen LogP contribution in [0.5, 0.6) is 0 Å². The van der Waals surface area contributed by atoms with Crippen molar-refractivity contribution in [2.75, 3.05) is 0 Å². The third-order valence-corrected chi connectivity index (χ3v) is 2.73. The van der Waals surface area contributed by atoms with Crippen molar-refractivity contribution in [2.45, 2.75) is 26.4 Å². The van der Waals surface area contributed by atoms with Gasteiger partial charge in [-0.15, -0.1) is 0 Å². The molecule has 2 aromatic rings. The highest BCUT2D eigenvalue weighted by Gasteiger charge is 2.33. The predicted octanol–water partition coefficient (Wildman–Crippen LogP) is 4.39. The van der Waals surface area contributed by atoms with Gasteiger partial charge >= 0.3 is 6.18 Å². The molecule has 1 N–H and O–H groups in total. The van der Waals surface area contributed by atoms with Crippen LogP contribution in [-0.2, 0) is 12.6 Å². The average molecular weight is 241 g/mol. The lowest BCUT2D eigenvalue weighted by molar-refractivity contribution is -0.136. The predicted molar refractivity (Wildman–Crippen MR) is 61.8 cm³/mol. The Hall–Kier alpha value is -1.45. The number of nitrogens with one attached hydrogen (secondary N) is 1. The van der Waals surface area contributed by atoms with Gasteiger partial charge in [0.2, 0.25) is 0 Å². The minimum absolute atomic E-state index is 0.190. The number of hydrogen-bond acceptors (Lipinski definition) is 0. The fourth-order valence-electron chi connectivity index (χ4n) is 2.06. The van der Waals surface area contributed by atoms with Crippen molar-refractivity contribution in [2.24, 2.45) is 5.92 Å². The smallest absolute Gasteiger partial charge is 0.360 e. The van der Waals surface area contributed by atoms with Gasteiger partial charge in [0.25, 0.3) is 0 Å². The number of aromatic nitrogens is 1. The first-order valence-electron chi connectivity index (χ1n) is 5.55. The molecule has 0 bridgehead atoms. The molecule has 0 aliphatic rings. The van der Waals surface area contributed by atoms with E-state index < -0.39 is 11.7 Å². The molecule has 1 heterocycles. The molecule has 0 amide bonds. The van der Waals surface area contributed by atoms with E-state index in [1.54, 1.807) is 12.3 Å². The van der Waals surface area contributed by atoms with Crippen molar-refractivity contribution >= 4 is 10.9 Å². The minimum atomic E-state index is -4.31. The van der Waals surface area contributed by atoms with Crippen LogP contribution >= 0.6 is 0 Å². The lowest BCUT2D eigenvalue weighted by Crippen LogP contribution is -2.05. The van der Waals surface area contributed by atoms with Crippen LogP contribution in [0.1, 0.15) is 25.0 Å². The zero-order chi connectivity index (χ0) is 12.6. The van der Waals surface area contributed by atoms with Crippen LogP contribution in [0.4, 0.5) is 13.2 Å². The number of aromatic amines is 1. The molecule has 0 atom stereocenters. The Kier molecular flexibility index (Phi) is 2.89. The molecule has 0 radical (unpaired) electrons. The summed E-state index contributed by atoms with van der Waals surface area (Å²) in [6, 6.07) is 4.31. The molecule has 0 unspecified atom stereocenters. The van der Waals surface area contributed by atoms with Gasteiger partial charge in [0, 0.05) is 11.6 Å². The molecule has 0 fully saturated rings. The SMILES string of the molecule is CC(C)Cc1c[nH]c2c(C(F)(F)F)cccc12.